The van der Waals surface area contributed by atoms with Crippen LogP contribution in [-0.2, 0) is 14.3 Å². The van der Waals surface area contributed by atoms with Crippen molar-refractivity contribution in [2.75, 3.05) is 6.61 Å². The van der Waals surface area contributed by atoms with Crippen molar-refractivity contribution in [1.29, 1.82) is 5.26 Å². The van der Waals surface area contributed by atoms with Gasteiger partial charge in [-0.1, -0.05) is 13.8 Å². The molecule has 3 aliphatic rings. The number of nitrogens with zero attached hydrogens (tertiary/aromatic N) is 2. The molecule has 1 aromatic rings. The first-order valence-electron chi connectivity index (χ1n) is 10.2. The van der Waals surface area contributed by atoms with Crippen LogP contribution in [-0.4, -0.2) is 44.4 Å². The maximum atomic E-state index is 13.1. The van der Waals surface area contributed by atoms with E-state index >= 15 is 0 Å². The molecular formula is C21H24N4O7. The zero-order valence-electron chi connectivity index (χ0n) is 17.6. The first-order chi connectivity index (χ1) is 15.1. The average molecular weight is 444 g/mol. The number of carbonyl (C=O) groups excluding carboxylic acids is 1. The third-order valence-electron chi connectivity index (χ3n) is 6.08. The number of ketones is 1. The molecule has 11 heteroatoms. The van der Waals surface area contributed by atoms with Crippen molar-refractivity contribution in [3.8, 4) is 6.07 Å². The molecule has 0 aromatic carbocycles. The number of hydrogen-bond acceptors (Lipinski definition) is 9. The second kappa shape index (κ2) is 7.74. The van der Waals surface area contributed by atoms with Gasteiger partial charge in [0.05, 0.1) is 18.6 Å². The van der Waals surface area contributed by atoms with Gasteiger partial charge in [0.2, 0.25) is 5.88 Å². The van der Waals surface area contributed by atoms with Crippen molar-refractivity contribution < 1.29 is 24.5 Å². The van der Waals surface area contributed by atoms with Crippen LogP contribution < -0.4 is 17.0 Å². The summed E-state index contributed by atoms with van der Waals surface area (Å²) in [4.78, 5) is 40.6. The summed E-state index contributed by atoms with van der Waals surface area (Å²) in [5.41, 5.74) is 4.05. The van der Waals surface area contributed by atoms with E-state index in [4.69, 9.17) is 15.2 Å². The van der Waals surface area contributed by atoms with Gasteiger partial charge < -0.3 is 25.4 Å². The van der Waals surface area contributed by atoms with E-state index < -0.39 is 42.2 Å². The molecule has 1 unspecified atom stereocenters. The Morgan fingerprint density at radius 1 is 1.34 bits per heavy atom. The summed E-state index contributed by atoms with van der Waals surface area (Å²) in [6.45, 7) is 3.36. The lowest BCUT2D eigenvalue weighted by Crippen LogP contribution is -2.39. The van der Waals surface area contributed by atoms with Crippen LogP contribution in [0.15, 0.2) is 38.6 Å². The van der Waals surface area contributed by atoms with Crippen molar-refractivity contribution in [1.82, 2.24) is 9.55 Å². The summed E-state index contributed by atoms with van der Waals surface area (Å²) in [5, 5.41) is 29.1. The Labute approximate surface area is 182 Å². The van der Waals surface area contributed by atoms with Gasteiger partial charge in [0.1, 0.15) is 29.7 Å². The van der Waals surface area contributed by atoms with Gasteiger partial charge in [-0.25, -0.2) is 4.79 Å². The number of Topliss-reactive ketones (excluding diaryl/α,β-unsaturated/α-hetero) is 1. The predicted molar refractivity (Wildman–Crippen MR) is 109 cm³/mol. The van der Waals surface area contributed by atoms with Crippen LogP contribution in [0, 0.1) is 16.7 Å². The molecule has 4 rings (SSSR count). The highest BCUT2D eigenvalue weighted by atomic mass is 16.5. The summed E-state index contributed by atoms with van der Waals surface area (Å²) < 4.78 is 12.2. The van der Waals surface area contributed by atoms with Crippen LogP contribution in [0.25, 0.3) is 0 Å². The van der Waals surface area contributed by atoms with Crippen molar-refractivity contribution in [2.45, 2.75) is 57.5 Å². The van der Waals surface area contributed by atoms with Gasteiger partial charge in [-0.3, -0.25) is 19.1 Å². The van der Waals surface area contributed by atoms with E-state index in [1.807, 2.05) is 19.9 Å². The van der Waals surface area contributed by atoms with E-state index in [0.29, 0.717) is 12.2 Å². The zero-order chi connectivity index (χ0) is 23.4. The maximum Gasteiger partial charge on any atom is 0.330 e. The number of aliphatic hydroxyl groups is 2. The third kappa shape index (κ3) is 3.56. The molecule has 32 heavy (non-hydrogen) atoms. The number of nitriles is 1. The minimum absolute atomic E-state index is 0.00848. The zero-order valence-corrected chi connectivity index (χ0v) is 17.6. The number of carbonyl (C=O) groups is 1. The van der Waals surface area contributed by atoms with Crippen LogP contribution in [0.3, 0.4) is 0 Å². The van der Waals surface area contributed by atoms with Gasteiger partial charge in [0.15, 0.2) is 5.78 Å². The lowest BCUT2D eigenvalue weighted by atomic mass is 9.70. The molecule has 11 nitrogen and oxygen atoms in total. The molecule has 0 spiro atoms. The summed E-state index contributed by atoms with van der Waals surface area (Å²) in [7, 11) is 0. The maximum absolute atomic E-state index is 13.1. The molecule has 0 radical (unpaired) electrons. The molecule has 170 valence electrons. The van der Waals surface area contributed by atoms with Gasteiger partial charge in [0.25, 0.3) is 5.56 Å². The number of aromatic amines is 1. The molecule has 3 heterocycles. The highest BCUT2D eigenvalue weighted by Gasteiger charge is 2.44. The molecule has 4 atom stereocenters. The summed E-state index contributed by atoms with van der Waals surface area (Å²) in [6.07, 6.45) is -1.03. The number of hydrogen-bond donors (Lipinski definition) is 4. The Bertz CT molecular complexity index is 1200. The number of H-pyrrole nitrogens is 1. The Hall–Kier alpha value is -3.20. The normalized spacial score (nSPS) is 29.5. The van der Waals surface area contributed by atoms with Crippen LogP contribution in [0.4, 0.5) is 0 Å². The number of ether oxygens (including phenoxy) is 2. The van der Waals surface area contributed by atoms with E-state index in [9.17, 15) is 29.9 Å². The lowest BCUT2D eigenvalue weighted by molar-refractivity contribution is -0.119. The topological polar surface area (TPSA) is 181 Å². The Kier molecular flexibility index (Phi) is 5.32. The number of rotatable bonds is 3. The van der Waals surface area contributed by atoms with Gasteiger partial charge in [0, 0.05) is 36.6 Å². The third-order valence-corrected chi connectivity index (χ3v) is 6.08. The van der Waals surface area contributed by atoms with E-state index in [2.05, 4.69) is 4.98 Å². The first-order valence-corrected chi connectivity index (χ1v) is 10.2. The van der Waals surface area contributed by atoms with Crippen LogP contribution in [0.1, 0.15) is 50.8 Å². The Balaban J connectivity index is 1.87. The van der Waals surface area contributed by atoms with E-state index in [-0.39, 0.29) is 46.6 Å². The minimum atomic E-state index is -1.11. The van der Waals surface area contributed by atoms with E-state index in [1.165, 1.54) is 6.20 Å². The fraction of sp³-hybridized carbons (Fsp3) is 0.524. The predicted octanol–water partition coefficient (Wildman–Crippen LogP) is -0.372. The number of aliphatic hydroxyl groups excluding tert-OH is 2. The molecule has 5 N–H and O–H groups in total. The number of aromatic nitrogens is 2. The summed E-state index contributed by atoms with van der Waals surface area (Å²) in [5.74, 6) is -1.28. The lowest BCUT2D eigenvalue weighted by Gasteiger charge is -2.37. The number of allylic oxidation sites excluding steroid dienone is 3. The quantitative estimate of drug-likeness (QED) is 0.483. The van der Waals surface area contributed by atoms with E-state index in [1.54, 1.807) is 0 Å². The molecule has 1 aromatic heterocycles. The second-order valence-electron chi connectivity index (χ2n) is 9.07. The van der Waals surface area contributed by atoms with Gasteiger partial charge >= 0.3 is 5.69 Å². The van der Waals surface area contributed by atoms with Gasteiger partial charge in [-0.2, -0.15) is 5.26 Å². The molecule has 1 aliphatic carbocycles. The Morgan fingerprint density at radius 3 is 2.69 bits per heavy atom. The summed E-state index contributed by atoms with van der Waals surface area (Å²) in [6, 6.07) is 1.93. The standard InChI is InChI=1S/C21H24N4O7/c1-21(2)4-12(28)17-13(5-21)32-18(23)9(6-22)16(17)10-7-25(20(30)24-19(10)29)15-3-11(27)14(8-26)31-15/h7,11,14-16,26-27H,3-5,8,23H2,1-2H3,(H,24,29,30)/t11-,14+,15+,16?/m0/s1. The smallest absolute Gasteiger partial charge is 0.330 e. The highest BCUT2D eigenvalue weighted by molar-refractivity contribution is 6.00. The van der Waals surface area contributed by atoms with E-state index in [0.717, 1.165) is 4.57 Å². The monoisotopic (exact) mass is 444 g/mol. The Morgan fingerprint density at radius 2 is 2.06 bits per heavy atom. The first kappa shape index (κ1) is 22.0. The number of nitrogens with two attached hydrogens (primary N) is 1. The largest absolute Gasteiger partial charge is 0.444 e. The van der Waals surface area contributed by atoms with Gasteiger partial charge in [-0.05, 0) is 5.41 Å². The minimum Gasteiger partial charge on any atom is -0.444 e. The van der Waals surface area contributed by atoms with Crippen molar-refractivity contribution in [3.05, 3.63) is 55.4 Å². The highest BCUT2D eigenvalue weighted by Crippen LogP contribution is 2.47. The van der Waals surface area contributed by atoms with Gasteiger partial charge in [-0.15, -0.1) is 0 Å². The van der Waals surface area contributed by atoms with Crippen molar-refractivity contribution in [2.24, 2.45) is 11.1 Å². The average Bonchev–Trinajstić information content (AvgIpc) is 3.06. The molecule has 0 bridgehead atoms. The molecule has 1 saturated heterocycles. The van der Waals surface area contributed by atoms with Crippen molar-refractivity contribution >= 4 is 5.78 Å². The molecule has 0 amide bonds. The fourth-order valence-electron chi connectivity index (χ4n) is 4.57. The molecule has 0 saturated carbocycles. The SMILES string of the molecule is CC1(C)CC(=O)C2=C(C1)OC(N)=C(C#N)C2c1cn([C@H]2C[C@H](O)[C@@H](CO)O2)c(=O)[nH]c1=O. The molecular weight excluding hydrogens is 420 g/mol. The molecule has 2 aliphatic heterocycles. The van der Waals surface area contributed by atoms with Crippen LogP contribution >= 0.6 is 0 Å². The fourth-order valence-corrected chi connectivity index (χ4v) is 4.57. The number of nitrogens with one attached hydrogen (secondary N) is 1. The van der Waals surface area contributed by atoms with Crippen molar-refractivity contribution in [3.63, 3.8) is 0 Å². The second-order valence-corrected chi connectivity index (χ2v) is 9.07. The summed E-state index contributed by atoms with van der Waals surface area (Å²) >= 11 is 0. The van der Waals surface area contributed by atoms with Crippen LogP contribution in [0.2, 0.25) is 0 Å². The van der Waals surface area contributed by atoms with Crippen LogP contribution in [0.5, 0.6) is 0 Å². The molecule has 1 fully saturated rings.